The number of rotatable bonds is 9. The number of nitrogens with one attached hydrogen (secondary N) is 1. The molecule has 0 aliphatic rings. The van der Waals surface area contributed by atoms with E-state index in [0.717, 1.165) is 0 Å². The SMILES string of the molecule is CCOc1ccc(S(=O)(=O)NCC(=O)OCc2ccc([N+](=O)[O-])cc2)cc1. The van der Waals surface area contributed by atoms with Crippen LogP contribution in [0.5, 0.6) is 5.75 Å². The standard InChI is InChI=1S/C17H18N2O7S/c1-2-25-15-7-9-16(10-8-15)27(23,24)18-11-17(20)26-12-13-3-5-14(6-4-13)19(21)22/h3-10,18H,2,11-12H2,1H3. The average Bonchev–Trinajstić information content (AvgIpc) is 2.66. The molecular formula is C17H18N2O7S. The third kappa shape index (κ3) is 6.04. The lowest BCUT2D eigenvalue weighted by Crippen LogP contribution is -2.30. The number of carbonyl (C=O) groups is 1. The molecule has 0 unspecified atom stereocenters. The van der Waals surface area contributed by atoms with E-state index >= 15 is 0 Å². The fourth-order valence-corrected chi connectivity index (χ4v) is 3.02. The van der Waals surface area contributed by atoms with Crippen LogP contribution in [0.15, 0.2) is 53.4 Å². The Labute approximate surface area is 156 Å². The molecule has 2 rings (SSSR count). The smallest absolute Gasteiger partial charge is 0.321 e. The van der Waals surface area contributed by atoms with Gasteiger partial charge in [-0.05, 0) is 48.9 Å². The number of nitro benzene ring substituents is 1. The van der Waals surface area contributed by atoms with Crippen LogP contribution < -0.4 is 9.46 Å². The number of hydrogen-bond donors (Lipinski definition) is 1. The summed E-state index contributed by atoms with van der Waals surface area (Å²) in [4.78, 5) is 21.8. The van der Waals surface area contributed by atoms with Gasteiger partial charge in [0.1, 0.15) is 18.9 Å². The summed E-state index contributed by atoms with van der Waals surface area (Å²) in [6, 6.07) is 11.3. The molecule has 144 valence electrons. The third-order valence-electron chi connectivity index (χ3n) is 3.40. The number of non-ortho nitro benzene ring substituents is 1. The van der Waals surface area contributed by atoms with E-state index in [9.17, 15) is 23.3 Å². The Morgan fingerprint density at radius 3 is 2.30 bits per heavy atom. The summed E-state index contributed by atoms with van der Waals surface area (Å²) in [6.07, 6.45) is 0. The third-order valence-corrected chi connectivity index (χ3v) is 4.82. The number of esters is 1. The first-order chi connectivity index (χ1) is 12.8. The van der Waals surface area contributed by atoms with Gasteiger partial charge >= 0.3 is 5.97 Å². The molecule has 0 radical (unpaired) electrons. The van der Waals surface area contributed by atoms with Crippen LogP contribution >= 0.6 is 0 Å². The van der Waals surface area contributed by atoms with Gasteiger partial charge in [-0.1, -0.05) is 0 Å². The second kappa shape index (κ2) is 9.10. The predicted molar refractivity (Wildman–Crippen MR) is 95.7 cm³/mol. The number of benzene rings is 2. The van der Waals surface area contributed by atoms with Gasteiger partial charge in [0.15, 0.2) is 0 Å². The number of nitrogens with zero attached hydrogens (tertiary/aromatic N) is 1. The molecule has 0 fully saturated rings. The van der Waals surface area contributed by atoms with Gasteiger partial charge in [0.05, 0.1) is 16.4 Å². The monoisotopic (exact) mass is 394 g/mol. The Kier molecular flexibility index (Phi) is 6.85. The van der Waals surface area contributed by atoms with E-state index in [1.807, 2.05) is 6.92 Å². The summed E-state index contributed by atoms with van der Waals surface area (Å²) in [7, 11) is -3.87. The normalized spacial score (nSPS) is 11.0. The fourth-order valence-electron chi connectivity index (χ4n) is 2.05. The Morgan fingerprint density at radius 1 is 1.11 bits per heavy atom. The molecule has 2 aromatic carbocycles. The van der Waals surface area contributed by atoms with Crippen LogP contribution in [-0.4, -0.2) is 32.5 Å². The molecule has 0 heterocycles. The van der Waals surface area contributed by atoms with Crippen molar-refractivity contribution >= 4 is 21.7 Å². The minimum absolute atomic E-state index is 0.00544. The maximum Gasteiger partial charge on any atom is 0.321 e. The Balaban J connectivity index is 1.85. The highest BCUT2D eigenvalue weighted by molar-refractivity contribution is 7.89. The molecule has 0 saturated heterocycles. The van der Waals surface area contributed by atoms with Crippen molar-refractivity contribution < 1.29 is 27.6 Å². The van der Waals surface area contributed by atoms with Crippen molar-refractivity contribution in [3.63, 3.8) is 0 Å². The molecule has 0 bridgehead atoms. The molecule has 0 aliphatic heterocycles. The molecule has 9 nitrogen and oxygen atoms in total. The van der Waals surface area contributed by atoms with Crippen LogP contribution in [0, 0.1) is 10.1 Å². The number of ether oxygens (including phenoxy) is 2. The van der Waals surface area contributed by atoms with Crippen LogP contribution in [0.25, 0.3) is 0 Å². The molecule has 0 saturated carbocycles. The minimum Gasteiger partial charge on any atom is -0.494 e. The van der Waals surface area contributed by atoms with Gasteiger partial charge in [-0.15, -0.1) is 0 Å². The van der Waals surface area contributed by atoms with Gasteiger partial charge in [-0.2, -0.15) is 4.72 Å². The van der Waals surface area contributed by atoms with E-state index in [1.54, 1.807) is 0 Å². The highest BCUT2D eigenvalue weighted by atomic mass is 32.2. The predicted octanol–water partition coefficient (Wildman–Crippen LogP) is 2.02. The second-order valence-electron chi connectivity index (χ2n) is 5.31. The topological polar surface area (TPSA) is 125 Å². The Hall–Kier alpha value is -2.98. The van der Waals surface area contributed by atoms with Crippen LogP contribution in [-0.2, 0) is 26.2 Å². The zero-order chi connectivity index (χ0) is 19.9. The van der Waals surface area contributed by atoms with Gasteiger partial charge in [0, 0.05) is 12.1 Å². The first kappa shape index (κ1) is 20.3. The van der Waals surface area contributed by atoms with Gasteiger partial charge in [0.25, 0.3) is 5.69 Å². The van der Waals surface area contributed by atoms with Crippen LogP contribution in [0.4, 0.5) is 5.69 Å². The van der Waals surface area contributed by atoms with Crippen LogP contribution in [0.3, 0.4) is 0 Å². The summed E-state index contributed by atoms with van der Waals surface area (Å²) in [6.45, 7) is 1.61. The summed E-state index contributed by atoms with van der Waals surface area (Å²) >= 11 is 0. The Morgan fingerprint density at radius 2 is 1.74 bits per heavy atom. The number of carbonyl (C=O) groups excluding carboxylic acids is 1. The van der Waals surface area contributed by atoms with E-state index in [4.69, 9.17) is 9.47 Å². The van der Waals surface area contributed by atoms with E-state index in [-0.39, 0.29) is 17.2 Å². The van der Waals surface area contributed by atoms with Gasteiger partial charge < -0.3 is 9.47 Å². The molecule has 27 heavy (non-hydrogen) atoms. The van der Waals surface area contributed by atoms with Crippen molar-refractivity contribution in [2.24, 2.45) is 0 Å². The van der Waals surface area contributed by atoms with Gasteiger partial charge in [0.2, 0.25) is 10.0 Å². The summed E-state index contributed by atoms with van der Waals surface area (Å²) in [5, 5.41) is 10.6. The van der Waals surface area contributed by atoms with Crippen molar-refractivity contribution in [3.05, 3.63) is 64.2 Å². The summed E-state index contributed by atoms with van der Waals surface area (Å²) < 4.78 is 36.7. The molecule has 0 aromatic heterocycles. The molecular weight excluding hydrogens is 376 g/mol. The fraction of sp³-hybridized carbons (Fsp3) is 0.235. The average molecular weight is 394 g/mol. The molecule has 0 aliphatic carbocycles. The van der Waals surface area contributed by atoms with Crippen molar-refractivity contribution in [1.82, 2.24) is 4.72 Å². The highest BCUT2D eigenvalue weighted by Crippen LogP contribution is 2.16. The van der Waals surface area contributed by atoms with Crippen molar-refractivity contribution in [1.29, 1.82) is 0 Å². The molecule has 1 N–H and O–H groups in total. The molecule has 0 spiro atoms. The minimum atomic E-state index is -3.87. The number of sulfonamides is 1. The Bertz CT molecular complexity index is 894. The van der Waals surface area contributed by atoms with Gasteiger partial charge in [-0.25, -0.2) is 8.42 Å². The lowest BCUT2D eigenvalue weighted by molar-refractivity contribution is -0.384. The van der Waals surface area contributed by atoms with E-state index < -0.39 is 27.5 Å². The van der Waals surface area contributed by atoms with Crippen LogP contribution in [0.2, 0.25) is 0 Å². The van der Waals surface area contributed by atoms with Crippen molar-refractivity contribution in [3.8, 4) is 5.75 Å². The number of hydrogen-bond acceptors (Lipinski definition) is 7. The van der Waals surface area contributed by atoms with E-state index in [0.29, 0.717) is 17.9 Å². The number of nitro groups is 1. The molecule has 2 aromatic rings. The van der Waals surface area contributed by atoms with E-state index in [1.165, 1.54) is 48.5 Å². The zero-order valence-electron chi connectivity index (χ0n) is 14.5. The quantitative estimate of drug-likeness (QED) is 0.392. The highest BCUT2D eigenvalue weighted by Gasteiger charge is 2.16. The van der Waals surface area contributed by atoms with Gasteiger partial charge in [-0.3, -0.25) is 14.9 Å². The zero-order valence-corrected chi connectivity index (χ0v) is 15.3. The lowest BCUT2D eigenvalue weighted by Gasteiger charge is -2.08. The van der Waals surface area contributed by atoms with E-state index in [2.05, 4.69) is 4.72 Å². The lowest BCUT2D eigenvalue weighted by atomic mass is 10.2. The first-order valence-corrected chi connectivity index (χ1v) is 9.41. The van der Waals surface area contributed by atoms with Crippen molar-refractivity contribution in [2.75, 3.05) is 13.2 Å². The summed E-state index contributed by atoms with van der Waals surface area (Å²) in [5.74, 6) is -0.234. The molecule has 10 heteroatoms. The maximum absolute atomic E-state index is 12.2. The molecule has 0 atom stereocenters. The maximum atomic E-state index is 12.2. The first-order valence-electron chi connectivity index (χ1n) is 7.93. The molecule has 0 amide bonds. The largest absolute Gasteiger partial charge is 0.494 e. The van der Waals surface area contributed by atoms with Crippen LogP contribution in [0.1, 0.15) is 12.5 Å². The van der Waals surface area contributed by atoms with Crippen molar-refractivity contribution in [2.45, 2.75) is 18.4 Å². The summed E-state index contributed by atoms with van der Waals surface area (Å²) in [5.41, 5.74) is 0.469. The second-order valence-corrected chi connectivity index (χ2v) is 7.08.